The van der Waals surface area contributed by atoms with Crippen LogP contribution in [0.2, 0.25) is 0 Å². The summed E-state index contributed by atoms with van der Waals surface area (Å²) in [6.45, 7) is 3.56. The molecule has 0 spiro atoms. The van der Waals surface area contributed by atoms with E-state index in [0.717, 1.165) is 32.4 Å². The van der Waals surface area contributed by atoms with Gasteiger partial charge in [0.25, 0.3) is 0 Å². The summed E-state index contributed by atoms with van der Waals surface area (Å²) < 4.78 is 0.185. The molecule has 2 heterocycles. The first-order valence-corrected chi connectivity index (χ1v) is 9.50. The van der Waals surface area contributed by atoms with Crippen LogP contribution in [0.25, 0.3) is 0 Å². The Morgan fingerprint density at radius 3 is 2.52 bits per heavy atom. The number of amides is 2. The number of thioether (sulfide) groups is 1. The molecule has 2 saturated heterocycles. The fraction of sp³-hybridized carbons (Fsp3) is 0.875. The van der Waals surface area contributed by atoms with E-state index in [2.05, 4.69) is 6.26 Å². The molecule has 118 valence electrons. The van der Waals surface area contributed by atoms with Crippen molar-refractivity contribution in [1.29, 1.82) is 0 Å². The highest BCUT2D eigenvalue weighted by Crippen LogP contribution is 2.42. The van der Waals surface area contributed by atoms with Crippen LogP contribution < -0.4 is 0 Å². The lowest BCUT2D eigenvalue weighted by Gasteiger charge is -2.45. The molecule has 3 aliphatic rings. The highest BCUT2D eigenvalue weighted by molar-refractivity contribution is 8.00. The summed E-state index contributed by atoms with van der Waals surface area (Å²) in [6.07, 6.45) is 9.58. The highest BCUT2D eigenvalue weighted by Gasteiger charge is 2.49. The Labute approximate surface area is 131 Å². The van der Waals surface area contributed by atoms with E-state index < -0.39 is 0 Å². The second-order valence-electron chi connectivity index (χ2n) is 6.67. The monoisotopic (exact) mass is 310 g/mol. The molecule has 0 radical (unpaired) electrons. The van der Waals surface area contributed by atoms with Crippen LogP contribution >= 0.6 is 11.8 Å². The minimum Gasteiger partial charge on any atom is -0.329 e. The van der Waals surface area contributed by atoms with E-state index in [9.17, 15) is 9.59 Å². The van der Waals surface area contributed by atoms with Crippen LogP contribution in [0, 0.1) is 0 Å². The van der Waals surface area contributed by atoms with E-state index in [1.807, 2.05) is 28.5 Å². The van der Waals surface area contributed by atoms with E-state index in [1.165, 1.54) is 25.7 Å². The molecule has 1 aliphatic carbocycles. The van der Waals surface area contributed by atoms with Crippen LogP contribution in [0.4, 0.5) is 0 Å². The summed E-state index contributed by atoms with van der Waals surface area (Å²) in [5.41, 5.74) is 0. The summed E-state index contributed by atoms with van der Waals surface area (Å²) in [4.78, 5) is 29.4. The number of fused-ring (bicyclic) bond motifs is 1. The molecule has 4 nitrogen and oxygen atoms in total. The van der Waals surface area contributed by atoms with Crippen LogP contribution in [0.15, 0.2) is 0 Å². The van der Waals surface area contributed by atoms with E-state index in [0.29, 0.717) is 0 Å². The van der Waals surface area contributed by atoms with Gasteiger partial charge in [-0.3, -0.25) is 9.59 Å². The van der Waals surface area contributed by atoms with Crippen molar-refractivity contribution in [3.05, 3.63) is 0 Å². The molecular weight excluding hydrogens is 284 g/mol. The first-order valence-electron chi connectivity index (χ1n) is 8.28. The van der Waals surface area contributed by atoms with Gasteiger partial charge in [0, 0.05) is 17.8 Å². The van der Waals surface area contributed by atoms with Crippen LogP contribution in [0.5, 0.6) is 0 Å². The van der Waals surface area contributed by atoms with Gasteiger partial charge in [-0.05, 0) is 38.4 Å². The lowest BCUT2D eigenvalue weighted by atomic mass is 9.99. The van der Waals surface area contributed by atoms with Gasteiger partial charge in [-0.2, -0.15) is 11.8 Å². The minimum atomic E-state index is -0.225. The van der Waals surface area contributed by atoms with Gasteiger partial charge in [0.05, 0.1) is 0 Å². The smallest absolute Gasteiger partial charge is 0.246 e. The third-order valence-electron chi connectivity index (χ3n) is 5.56. The number of carbonyl (C=O) groups is 2. The number of hydrogen-bond donors (Lipinski definition) is 0. The zero-order valence-corrected chi connectivity index (χ0v) is 14.0. The van der Waals surface area contributed by atoms with E-state index in [4.69, 9.17) is 0 Å². The maximum atomic E-state index is 12.9. The Hall–Kier alpha value is -0.710. The molecule has 2 aliphatic heterocycles. The Morgan fingerprint density at radius 1 is 1.19 bits per heavy atom. The number of hydrogen-bond acceptors (Lipinski definition) is 3. The van der Waals surface area contributed by atoms with Crippen LogP contribution in [-0.2, 0) is 9.59 Å². The van der Waals surface area contributed by atoms with E-state index >= 15 is 0 Å². The van der Waals surface area contributed by atoms with Crippen molar-refractivity contribution in [1.82, 2.24) is 9.80 Å². The summed E-state index contributed by atoms with van der Waals surface area (Å²) in [5, 5.41) is 0. The molecule has 2 unspecified atom stereocenters. The second-order valence-corrected chi connectivity index (χ2v) is 7.95. The summed E-state index contributed by atoms with van der Waals surface area (Å²) in [5.74, 6) is 0.396. The molecule has 0 bridgehead atoms. The summed E-state index contributed by atoms with van der Waals surface area (Å²) in [6, 6.07) is -0.392. The average molecular weight is 310 g/mol. The molecule has 0 aromatic rings. The quantitative estimate of drug-likeness (QED) is 0.800. The number of piperazine rings is 1. The average Bonchev–Trinajstić information content (AvgIpc) is 3.15. The van der Waals surface area contributed by atoms with Crippen molar-refractivity contribution >= 4 is 23.6 Å². The van der Waals surface area contributed by atoms with Crippen molar-refractivity contribution < 1.29 is 9.59 Å². The van der Waals surface area contributed by atoms with Gasteiger partial charge >= 0.3 is 0 Å². The SMILES string of the molecule is CCC1C(=O)N2CCCC2C(=O)N1CC1(SC)CCCC1. The predicted octanol–water partition coefficient (Wildman–Crippen LogP) is 2.27. The Kier molecular flexibility index (Phi) is 4.21. The van der Waals surface area contributed by atoms with Gasteiger partial charge in [-0.1, -0.05) is 19.8 Å². The lowest BCUT2D eigenvalue weighted by molar-refractivity contribution is -0.160. The molecule has 0 aromatic heterocycles. The van der Waals surface area contributed by atoms with E-state index in [1.54, 1.807) is 0 Å². The van der Waals surface area contributed by atoms with E-state index in [-0.39, 0.29) is 28.6 Å². The Bertz CT molecular complexity index is 434. The normalized spacial score (nSPS) is 31.9. The fourth-order valence-corrected chi connectivity index (χ4v) is 5.26. The maximum absolute atomic E-state index is 12.9. The van der Waals surface area contributed by atoms with Crippen LogP contribution in [-0.4, -0.2) is 57.8 Å². The van der Waals surface area contributed by atoms with Gasteiger partial charge in [-0.25, -0.2) is 0 Å². The minimum absolute atomic E-state index is 0.166. The Balaban J connectivity index is 1.84. The first-order chi connectivity index (χ1) is 10.1. The zero-order valence-electron chi connectivity index (χ0n) is 13.1. The maximum Gasteiger partial charge on any atom is 0.246 e. The molecule has 5 heteroatoms. The number of nitrogens with zero attached hydrogens (tertiary/aromatic N) is 2. The molecule has 21 heavy (non-hydrogen) atoms. The van der Waals surface area contributed by atoms with Gasteiger partial charge in [0.15, 0.2) is 0 Å². The standard InChI is InChI=1S/C16H26N2O2S/c1-3-12-14(19)17-10-6-7-13(17)15(20)18(12)11-16(21-2)8-4-5-9-16/h12-13H,3-11H2,1-2H3. The topological polar surface area (TPSA) is 40.6 Å². The first kappa shape index (κ1) is 15.2. The van der Waals surface area contributed by atoms with Crippen molar-refractivity contribution in [3.63, 3.8) is 0 Å². The van der Waals surface area contributed by atoms with Gasteiger partial charge in [0.2, 0.25) is 11.8 Å². The lowest BCUT2D eigenvalue weighted by Crippen LogP contribution is -2.64. The molecular formula is C16H26N2O2S. The molecule has 1 saturated carbocycles. The third-order valence-corrected chi connectivity index (χ3v) is 6.96. The largest absolute Gasteiger partial charge is 0.329 e. The van der Waals surface area contributed by atoms with Gasteiger partial charge in [-0.15, -0.1) is 0 Å². The van der Waals surface area contributed by atoms with Crippen molar-refractivity contribution in [3.8, 4) is 0 Å². The summed E-state index contributed by atoms with van der Waals surface area (Å²) >= 11 is 1.90. The molecule has 3 fully saturated rings. The van der Waals surface area contributed by atoms with Crippen LogP contribution in [0.3, 0.4) is 0 Å². The van der Waals surface area contributed by atoms with Crippen molar-refractivity contribution in [2.24, 2.45) is 0 Å². The molecule has 2 amide bonds. The second kappa shape index (κ2) is 5.82. The van der Waals surface area contributed by atoms with Crippen LogP contribution in [0.1, 0.15) is 51.9 Å². The third kappa shape index (κ3) is 2.47. The number of rotatable bonds is 4. The van der Waals surface area contributed by atoms with Gasteiger partial charge < -0.3 is 9.80 Å². The number of carbonyl (C=O) groups excluding carboxylic acids is 2. The fourth-order valence-electron chi connectivity index (χ4n) is 4.30. The van der Waals surface area contributed by atoms with Gasteiger partial charge in [0.1, 0.15) is 12.1 Å². The van der Waals surface area contributed by atoms with Crippen molar-refractivity contribution in [2.75, 3.05) is 19.3 Å². The molecule has 0 N–H and O–H groups in total. The molecule has 2 atom stereocenters. The van der Waals surface area contributed by atoms with Crippen molar-refractivity contribution in [2.45, 2.75) is 68.7 Å². The highest BCUT2D eigenvalue weighted by atomic mass is 32.2. The summed E-state index contributed by atoms with van der Waals surface area (Å²) in [7, 11) is 0. The predicted molar refractivity (Wildman–Crippen MR) is 85.2 cm³/mol. The zero-order chi connectivity index (χ0) is 15.0. The Morgan fingerprint density at radius 2 is 1.90 bits per heavy atom. The molecule has 3 rings (SSSR count). The molecule has 0 aromatic carbocycles.